The predicted octanol–water partition coefficient (Wildman–Crippen LogP) is 6.63. The van der Waals surface area contributed by atoms with Gasteiger partial charge in [0.05, 0.1) is 6.61 Å². The Morgan fingerprint density at radius 2 is 0.870 bits per heavy atom. The second kappa shape index (κ2) is 19.5. The largest absolute Gasteiger partial charge is 0.481 e. The Kier molecular flexibility index (Phi) is 19.0. The van der Waals surface area contributed by atoms with Crippen molar-refractivity contribution in [1.29, 1.82) is 0 Å². The first kappa shape index (κ1) is 22.4. The van der Waals surface area contributed by atoms with Crippen LogP contribution in [-0.2, 0) is 4.79 Å². The molecular formula is C20H39O3. The predicted molar refractivity (Wildman–Crippen MR) is 97.0 cm³/mol. The fraction of sp³-hybridized carbons (Fsp3) is 0.900. The van der Waals surface area contributed by atoms with Gasteiger partial charge >= 0.3 is 5.97 Å². The van der Waals surface area contributed by atoms with Crippen molar-refractivity contribution in [3.8, 4) is 0 Å². The lowest BCUT2D eigenvalue weighted by molar-refractivity contribution is -0.137. The van der Waals surface area contributed by atoms with Crippen molar-refractivity contribution in [3.63, 3.8) is 0 Å². The molecule has 0 heterocycles. The van der Waals surface area contributed by atoms with Crippen LogP contribution in [0.2, 0.25) is 0 Å². The first-order chi connectivity index (χ1) is 11.3. The molecule has 0 aromatic carbocycles. The zero-order chi connectivity index (χ0) is 17.0. The third-order valence-electron chi connectivity index (χ3n) is 4.47. The Morgan fingerprint density at radius 3 is 1.17 bits per heavy atom. The first-order valence-corrected chi connectivity index (χ1v) is 9.95. The summed E-state index contributed by atoms with van der Waals surface area (Å²) in [5, 5.41) is 17.1. The molecule has 0 aliphatic rings. The summed E-state index contributed by atoms with van der Waals surface area (Å²) in [5.74, 6) is -0.662. The molecule has 3 nitrogen and oxygen atoms in total. The fourth-order valence-corrected chi connectivity index (χ4v) is 2.99. The Bertz CT molecular complexity index is 241. The monoisotopic (exact) mass is 327 g/mol. The molecule has 0 aliphatic carbocycles. The van der Waals surface area contributed by atoms with Gasteiger partial charge in [-0.05, 0) is 12.8 Å². The Morgan fingerprint density at radius 1 is 0.565 bits per heavy atom. The lowest BCUT2D eigenvalue weighted by atomic mass is 10.0. The molecule has 0 atom stereocenters. The third-order valence-corrected chi connectivity index (χ3v) is 4.47. The van der Waals surface area contributed by atoms with Gasteiger partial charge in [-0.15, -0.1) is 0 Å². The number of hydrogen-bond donors (Lipinski definition) is 2. The minimum Gasteiger partial charge on any atom is -0.481 e. The van der Waals surface area contributed by atoms with E-state index in [-0.39, 0.29) is 0 Å². The van der Waals surface area contributed by atoms with Gasteiger partial charge < -0.3 is 10.2 Å². The molecule has 137 valence electrons. The van der Waals surface area contributed by atoms with Crippen molar-refractivity contribution in [1.82, 2.24) is 0 Å². The summed E-state index contributed by atoms with van der Waals surface area (Å²) in [6, 6.07) is 0. The summed E-state index contributed by atoms with van der Waals surface area (Å²) >= 11 is 0. The van der Waals surface area contributed by atoms with E-state index in [0.717, 1.165) is 25.7 Å². The molecule has 3 heteroatoms. The lowest BCUT2D eigenvalue weighted by Crippen LogP contribution is -1.93. The van der Waals surface area contributed by atoms with E-state index in [0.29, 0.717) is 6.42 Å². The molecule has 0 aromatic heterocycles. The molecule has 0 unspecified atom stereocenters. The number of carbonyl (C=O) groups is 1. The van der Waals surface area contributed by atoms with Crippen molar-refractivity contribution in [2.24, 2.45) is 0 Å². The third kappa shape index (κ3) is 21.4. The van der Waals surface area contributed by atoms with Gasteiger partial charge in [-0.3, -0.25) is 4.79 Å². The molecule has 0 amide bonds. The number of aliphatic carboxylic acids is 1. The Hall–Kier alpha value is -0.570. The van der Waals surface area contributed by atoms with Gasteiger partial charge in [0.2, 0.25) is 0 Å². The zero-order valence-electron chi connectivity index (χ0n) is 15.1. The van der Waals surface area contributed by atoms with E-state index in [4.69, 9.17) is 10.2 Å². The lowest BCUT2D eigenvalue weighted by Gasteiger charge is -2.03. The van der Waals surface area contributed by atoms with Crippen LogP contribution >= 0.6 is 0 Å². The maximum atomic E-state index is 10.4. The molecule has 2 N–H and O–H groups in total. The van der Waals surface area contributed by atoms with Crippen LogP contribution in [-0.4, -0.2) is 16.2 Å². The average Bonchev–Trinajstić information content (AvgIpc) is 2.53. The molecule has 0 spiro atoms. The maximum absolute atomic E-state index is 10.4. The second-order valence-electron chi connectivity index (χ2n) is 6.77. The number of carboxylic acids is 1. The van der Waals surface area contributed by atoms with Crippen molar-refractivity contribution in [3.05, 3.63) is 6.61 Å². The van der Waals surface area contributed by atoms with E-state index in [1.165, 1.54) is 90.1 Å². The van der Waals surface area contributed by atoms with E-state index < -0.39 is 5.97 Å². The normalized spacial score (nSPS) is 11.0. The highest BCUT2D eigenvalue weighted by atomic mass is 16.4. The van der Waals surface area contributed by atoms with Gasteiger partial charge in [0.25, 0.3) is 0 Å². The van der Waals surface area contributed by atoms with Crippen LogP contribution in [0.15, 0.2) is 0 Å². The van der Waals surface area contributed by atoms with E-state index in [9.17, 15) is 4.79 Å². The first-order valence-electron chi connectivity index (χ1n) is 9.95. The minimum absolute atomic E-state index is 0.335. The zero-order valence-corrected chi connectivity index (χ0v) is 15.1. The summed E-state index contributed by atoms with van der Waals surface area (Å²) < 4.78 is 0. The van der Waals surface area contributed by atoms with E-state index in [1.807, 2.05) is 0 Å². The summed E-state index contributed by atoms with van der Waals surface area (Å²) in [6.45, 7) is 1.28. The number of aliphatic hydroxyl groups is 1. The van der Waals surface area contributed by atoms with E-state index in [1.54, 1.807) is 0 Å². The van der Waals surface area contributed by atoms with Gasteiger partial charge in [0.15, 0.2) is 0 Å². The smallest absolute Gasteiger partial charge is 0.303 e. The summed E-state index contributed by atoms with van der Waals surface area (Å²) in [4.78, 5) is 10.4. The molecule has 0 fully saturated rings. The standard InChI is InChI=1S/C20H39O3/c21-19-17-15-13-11-9-7-5-3-1-2-4-6-8-10-12-14-16-18-20(22)23/h19,21H,1-18H2,(H,22,23). The van der Waals surface area contributed by atoms with Crippen molar-refractivity contribution in [2.45, 2.75) is 116 Å². The highest BCUT2D eigenvalue weighted by Crippen LogP contribution is 2.14. The molecule has 0 rings (SSSR count). The fourth-order valence-electron chi connectivity index (χ4n) is 2.99. The van der Waals surface area contributed by atoms with Gasteiger partial charge in [-0.25, -0.2) is 0 Å². The maximum Gasteiger partial charge on any atom is 0.303 e. The molecule has 0 aliphatic heterocycles. The Labute approximate surface area is 143 Å². The van der Waals surface area contributed by atoms with Crippen molar-refractivity contribution in [2.75, 3.05) is 0 Å². The van der Waals surface area contributed by atoms with Crippen molar-refractivity contribution < 1.29 is 15.0 Å². The number of aliphatic hydroxyl groups excluding tert-OH is 1. The van der Waals surface area contributed by atoms with Gasteiger partial charge in [0, 0.05) is 6.42 Å². The van der Waals surface area contributed by atoms with Gasteiger partial charge in [-0.1, -0.05) is 96.3 Å². The Balaban J connectivity index is 2.96. The van der Waals surface area contributed by atoms with Crippen LogP contribution in [0.3, 0.4) is 0 Å². The van der Waals surface area contributed by atoms with Crippen molar-refractivity contribution >= 4 is 5.97 Å². The quantitative estimate of drug-likeness (QED) is 0.262. The summed E-state index contributed by atoms with van der Waals surface area (Å²) in [6.07, 6.45) is 21.6. The van der Waals surface area contributed by atoms with Crippen LogP contribution < -0.4 is 0 Å². The molecular weight excluding hydrogens is 288 g/mol. The molecule has 0 aromatic rings. The average molecular weight is 328 g/mol. The SMILES string of the molecule is O=C(O)CCCCCCCCCCCCCCCCCC[CH]O. The highest BCUT2D eigenvalue weighted by molar-refractivity contribution is 5.66. The van der Waals surface area contributed by atoms with E-state index >= 15 is 0 Å². The summed E-state index contributed by atoms with van der Waals surface area (Å²) in [5.41, 5.74) is 0. The molecule has 0 saturated carbocycles. The van der Waals surface area contributed by atoms with Crippen LogP contribution in [0.1, 0.15) is 116 Å². The number of hydrogen-bond acceptors (Lipinski definition) is 2. The van der Waals surface area contributed by atoms with Crippen LogP contribution in [0.25, 0.3) is 0 Å². The topological polar surface area (TPSA) is 57.5 Å². The second-order valence-corrected chi connectivity index (χ2v) is 6.77. The minimum atomic E-state index is -0.662. The molecule has 0 bridgehead atoms. The van der Waals surface area contributed by atoms with Crippen LogP contribution in [0.5, 0.6) is 0 Å². The molecule has 0 saturated heterocycles. The van der Waals surface area contributed by atoms with Crippen LogP contribution in [0.4, 0.5) is 0 Å². The summed E-state index contributed by atoms with van der Waals surface area (Å²) in [7, 11) is 0. The van der Waals surface area contributed by atoms with Crippen LogP contribution in [0, 0.1) is 6.61 Å². The van der Waals surface area contributed by atoms with Gasteiger partial charge in [0.1, 0.15) is 0 Å². The van der Waals surface area contributed by atoms with Gasteiger partial charge in [-0.2, -0.15) is 0 Å². The number of carboxylic acid groups (broad SMARTS) is 1. The van der Waals surface area contributed by atoms with E-state index in [2.05, 4.69) is 0 Å². The molecule has 1 radical (unpaired) electrons. The number of rotatable bonds is 19. The molecule has 23 heavy (non-hydrogen) atoms. The number of unbranched alkanes of at least 4 members (excludes halogenated alkanes) is 16. The highest BCUT2D eigenvalue weighted by Gasteiger charge is 1.97.